The first-order chi connectivity index (χ1) is 12.9. The van der Waals surface area contributed by atoms with E-state index in [0.717, 1.165) is 23.9 Å². The van der Waals surface area contributed by atoms with Crippen molar-refractivity contribution in [2.24, 2.45) is 0 Å². The number of hydrogen-bond donors (Lipinski definition) is 2. The molecule has 1 fully saturated rings. The fraction of sp³-hybridized carbons (Fsp3) is 0.300. The molecule has 0 unspecified atom stereocenters. The van der Waals surface area contributed by atoms with E-state index in [1.54, 1.807) is 24.3 Å². The number of nitrogens with zero attached hydrogens (tertiary/aromatic N) is 1. The SMILES string of the molecule is CN1CCC[C@@H]1Cc1c[nH]c2ccc(NS(=O)(=O)c3ccccc3Cl)cc12. The summed E-state index contributed by atoms with van der Waals surface area (Å²) in [6.07, 6.45) is 5.41. The molecule has 0 spiro atoms. The first-order valence-electron chi connectivity index (χ1n) is 9.01. The lowest BCUT2D eigenvalue weighted by atomic mass is 10.0. The van der Waals surface area contributed by atoms with Gasteiger partial charge in [0.2, 0.25) is 0 Å². The molecular formula is C20H22ClN3O2S. The van der Waals surface area contributed by atoms with Gasteiger partial charge in [0.15, 0.2) is 0 Å². The van der Waals surface area contributed by atoms with E-state index in [1.165, 1.54) is 24.5 Å². The first-order valence-corrected chi connectivity index (χ1v) is 10.9. The second kappa shape index (κ2) is 7.19. The largest absolute Gasteiger partial charge is 0.361 e. The maximum atomic E-state index is 12.7. The van der Waals surface area contributed by atoms with Crippen molar-refractivity contribution >= 4 is 38.2 Å². The third kappa shape index (κ3) is 3.70. The highest BCUT2D eigenvalue weighted by Gasteiger charge is 2.22. The number of rotatable bonds is 5. The normalized spacial score (nSPS) is 18.2. The van der Waals surface area contributed by atoms with Gasteiger partial charge in [-0.05, 0) is 68.8 Å². The third-order valence-electron chi connectivity index (χ3n) is 5.27. The molecule has 1 aliphatic rings. The van der Waals surface area contributed by atoms with Crippen LogP contribution in [0.25, 0.3) is 10.9 Å². The monoisotopic (exact) mass is 403 g/mol. The molecular weight excluding hydrogens is 382 g/mol. The maximum Gasteiger partial charge on any atom is 0.263 e. The predicted octanol–water partition coefficient (Wildman–Crippen LogP) is 4.26. The number of H-pyrrole nitrogens is 1. The summed E-state index contributed by atoms with van der Waals surface area (Å²) in [5.74, 6) is 0. The third-order valence-corrected chi connectivity index (χ3v) is 7.15. The van der Waals surface area contributed by atoms with Crippen molar-refractivity contribution < 1.29 is 8.42 Å². The van der Waals surface area contributed by atoms with E-state index in [0.29, 0.717) is 11.7 Å². The zero-order valence-electron chi connectivity index (χ0n) is 15.1. The Kier molecular flexibility index (Phi) is 4.88. The van der Waals surface area contributed by atoms with Crippen LogP contribution in [-0.4, -0.2) is 37.9 Å². The lowest BCUT2D eigenvalue weighted by Crippen LogP contribution is -2.26. The average Bonchev–Trinajstić information content (AvgIpc) is 3.22. The molecule has 7 heteroatoms. The summed E-state index contributed by atoms with van der Waals surface area (Å²) >= 11 is 6.06. The number of aromatic amines is 1. The number of anilines is 1. The van der Waals surface area contributed by atoms with Crippen LogP contribution in [-0.2, 0) is 16.4 Å². The lowest BCUT2D eigenvalue weighted by molar-refractivity contribution is 0.310. The number of halogens is 1. The van der Waals surface area contributed by atoms with Crippen LogP contribution in [0.1, 0.15) is 18.4 Å². The summed E-state index contributed by atoms with van der Waals surface area (Å²) < 4.78 is 28.0. The number of sulfonamides is 1. The lowest BCUT2D eigenvalue weighted by Gasteiger charge is -2.18. The molecule has 1 saturated heterocycles. The molecule has 0 saturated carbocycles. The summed E-state index contributed by atoms with van der Waals surface area (Å²) in [7, 11) is -1.58. The Labute approximate surface area is 164 Å². The fourth-order valence-corrected chi connectivity index (χ4v) is 5.34. The molecule has 0 amide bonds. The molecule has 2 aromatic carbocycles. The standard InChI is InChI=1S/C20H22ClN3O2S/c1-24-10-4-5-16(24)11-14-13-22-19-9-8-15(12-17(14)19)23-27(25,26)20-7-3-2-6-18(20)21/h2-3,6-9,12-13,16,22-23H,4-5,10-11H2,1H3/t16-/m1/s1. The van der Waals surface area contributed by atoms with Gasteiger partial charge in [0.05, 0.1) is 5.02 Å². The number of nitrogens with one attached hydrogen (secondary N) is 2. The van der Waals surface area contributed by atoms with Crippen LogP contribution in [0.2, 0.25) is 5.02 Å². The number of likely N-dealkylation sites (tertiary alicyclic amines) is 1. The number of fused-ring (bicyclic) bond motifs is 1. The molecule has 0 aliphatic carbocycles. The molecule has 5 nitrogen and oxygen atoms in total. The molecule has 0 bridgehead atoms. The maximum absolute atomic E-state index is 12.7. The zero-order valence-corrected chi connectivity index (χ0v) is 16.6. The molecule has 2 heterocycles. The minimum absolute atomic E-state index is 0.0774. The van der Waals surface area contributed by atoms with Crippen LogP contribution < -0.4 is 4.72 Å². The molecule has 3 aromatic rings. The van der Waals surface area contributed by atoms with E-state index in [9.17, 15) is 8.42 Å². The number of benzene rings is 2. The summed E-state index contributed by atoms with van der Waals surface area (Å²) in [5, 5.41) is 1.26. The van der Waals surface area contributed by atoms with Gasteiger partial charge in [0, 0.05) is 28.8 Å². The van der Waals surface area contributed by atoms with Gasteiger partial charge in [-0.3, -0.25) is 4.72 Å². The van der Waals surface area contributed by atoms with Gasteiger partial charge >= 0.3 is 0 Å². The summed E-state index contributed by atoms with van der Waals surface area (Å²) in [4.78, 5) is 5.76. The van der Waals surface area contributed by atoms with Gasteiger partial charge in [-0.25, -0.2) is 8.42 Å². The van der Waals surface area contributed by atoms with Crippen molar-refractivity contribution in [3.05, 3.63) is 59.2 Å². The highest BCUT2D eigenvalue weighted by molar-refractivity contribution is 7.92. The second-order valence-electron chi connectivity index (χ2n) is 7.09. The van der Waals surface area contributed by atoms with Crippen molar-refractivity contribution in [3.63, 3.8) is 0 Å². The Morgan fingerprint density at radius 1 is 1.26 bits per heavy atom. The minimum atomic E-state index is -3.74. The van der Waals surface area contributed by atoms with Crippen LogP contribution in [0, 0.1) is 0 Å². The highest BCUT2D eigenvalue weighted by atomic mass is 35.5. The predicted molar refractivity (Wildman–Crippen MR) is 110 cm³/mol. The van der Waals surface area contributed by atoms with Crippen molar-refractivity contribution in [2.45, 2.75) is 30.2 Å². The summed E-state index contributed by atoms with van der Waals surface area (Å²) in [5.41, 5.74) is 2.75. The minimum Gasteiger partial charge on any atom is -0.361 e. The molecule has 1 atom stereocenters. The van der Waals surface area contributed by atoms with Crippen LogP contribution in [0.5, 0.6) is 0 Å². The topological polar surface area (TPSA) is 65.2 Å². The van der Waals surface area contributed by atoms with Gasteiger partial charge in [0.25, 0.3) is 10.0 Å². The van der Waals surface area contributed by atoms with Crippen LogP contribution in [0.3, 0.4) is 0 Å². The quantitative estimate of drug-likeness (QED) is 0.669. The molecule has 2 N–H and O–H groups in total. The zero-order chi connectivity index (χ0) is 19.0. The molecule has 0 radical (unpaired) electrons. The van der Waals surface area contributed by atoms with Crippen molar-refractivity contribution in [1.29, 1.82) is 0 Å². The van der Waals surface area contributed by atoms with Crippen LogP contribution in [0.15, 0.2) is 53.6 Å². The van der Waals surface area contributed by atoms with E-state index < -0.39 is 10.0 Å². The van der Waals surface area contributed by atoms with Crippen molar-refractivity contribution in [2.75, 3.05) is 18.3 Å². The van der Waals surface area contributed by atoms with Crippen molar-refractivity contribution in [1.82, 2.24) is 9.88 Å². The molecule has 142 valence electrons. The Morgan fingerprint density at radius 3 is 2.81 bits per heavy atom. The molecule has 27 heavy (non-hydrogen) atoms. The van der Waals surface area contributed by atoms with E-state index >= 15 is 0 Å². The molecule has 1 aliphatic heterocycles. The summed E-state index contributed by atoms with van der Waals surface area (Å²) in [6.45, 7) is 1.13. The fourth-order valence-electron chi connectivity index (χ4n) is 3.77. The van der Waals surface area contributed by atoms with Crippen molar-refractivity contribution in [3.8, 4) is 0 Å². The highest BCUT2D eigenvalue weighted by Crippen LogP contribution is 2.29. The Hall–Kier alpha value is -2.02. The molecule has 1 aromatic heterocycles. The number of hydrogen-bond acceptors (Lipinski definition) is 3. The Morgan fingerprint density at radius 2 is 2.07 bits per heavy atom. The molecule has 4 rings (SSSR count). The summed E-state index contributed by atoms with van der Waals surface area (Å²) in [6, 6.07) is 12.5. The van der Waals surface area contributed by atoms with Gasteiger partial charge in [0.1, 0.15) is 4.90 Å². The van der Waals surface area contributed by atoms with E-state index in [1.807, 2.05) is 18.3 Å². The van der Waals surface area contributed by atoms with Crippen LogP contribution in [0.4, 0.5) is 5.69 Å². The Bertz CT molecular complexity index is 1080. The van der Waals surface area contributed by atoms with Gasteiger partial charge < -0.3 is 9.88 Å². The van der Waals surface area contributed by atoms with E-state index in [2.05, 4.69) is 21.7 Å². The van der Waals surface area contributed by atoms with Gasteiger partial charge in [-0.1, -0.05) is 23.7 Å². The van der Waals surface area contributed by atoms with Gasteiger partial charge in [-0.15, -0.1) is 0 Å². The number of likely N-dealkylation sites (N-methyl/N-ethyl adjacent to an activating group) is 1. The smallest absolute Gasteiger partial charge is 0.263 e. The second-order valence-corrected chi connectivity index (χ2v) is 9.15. The average molecular weight is 404 g/mol. The van der Waals surface area contributed by atoms with E-state index in [-0.39, 0.29) is 9.92 Å². The van der Waals surface area contributed by atoms with Crippen LogP contribution >= 0.6 is 11.6 Å². The number of aromatic nitrogens is 1. The first kappa shape index (κ1) is 18.3. The van der Waals surface area contributed by atoms with E-state index in [4.69, 9.17) is 11.6 Å². The Balaban J connectivity index is 1.63. The van der Waals surface area contributed by atoms with Gasteiger partial charge in [-0.2, -0.15) is 0 Å².